The molecule has 2 atom stereocenters. The van der Waals surface area contributed by atoms with Crippen molar-refractivity contribution in [3.63, 3.8) is 0 Å². The highest BCUT2D eigenvalue weighted by Crippen LogP contribution is 2.42. The van der Waals surface area contributed by atoms with E-state index in [9.17, 15) is 4.39 Å². The van der Waals surface area contributed by atoms with Crippen LogP contribution in [0.4, 0.5) is 10.1 Å². The normalized spacial score (nSPS) is 17.9. The maximum atomic E-state index is 14.7. The molecule has 0 radical (unpaired) electrons. The van der Waals surface area contributed by atoms with Crippen molar-refractivity contribution in [3.05, 3.63) is 108 Å². The zero-order valence-electron chi connectivity index (χ0n) is 17.4. The minimum Gasteiger partial charge on any atom is -0.497 e. The van der Waals surface area contributed by atoms with Crippen LogP contribution in [0, 0.1) is 5.82 Å². The number of rotatable bonds is 5. The summed E-state index contributed by atoms with van der Waals surface area (Å²) >= 11 is 5.77. The van der Waals surface area contributed by atoms with Crippen LogP contribution in [0.3, 0.4) is 0 Å². The third-order valence-electron chi connectivity index (χ3n) is 5.64. The maximum absolute atomic E-state index is 14.7. The first-order valence-electron chi connectivity index (χ1n) is 10.2. The number of para-hydroxylation sites is 1. The number of methoxy groups -OCH3 is 1. The van der Waals surface area contributed by atoms with Crippen LogP contribution in [0.5, 0.6) is 5.75 Å². The second kappa shape index (κ2) is 8.43. The molecule has 1 aliphatic heterocycles. The van der Waals surface area contributed by atoms with Crippen molar-refractivity contribution in [3.8, 4) is 11.4 Å². The number of ether oxygens (including phenoxy) is 1. The summed E-state index contributed by atoms with van der Waals surface area (Å²) in [6.07, 6.45) is 3.64. The Labute approximate surface area is 191 Å². The van der Waals surface area contributed by atoms with Gasteiger partial charge in [0.25, 0.3) is 0 Å². The fourth-order valence-corrected chi connectivity index (χ4v) is 4.52. The van der Waals surface area contributed by atoms with Gasteiger partial charge in [-0.05, 0) is 72.9 Å². The van der Waals surface area contributed by atoms with Crippen molar-refractivity contribution in [2.75, 3.05) is 12.0 Å². The number of anilines is 1. The van der Waals surface area contributed by atoms with E-state index in [1.54, 1.807) is 25.4 Å². The van der Waals surface area contributed by atoms with Crippen LogP contribution in [0.2, 0.25) is 0 Å². The summed E-state index contributed by atoms with van der Waals surface area (Å²) in [5.74, 6) is 0.475. The van der Waals surface area contributed by atoms with Gasteiger partial charge in [0.05, 0.1) is 24.5 Å². The SMILES string of the molecule is COc1ccc(N2C(=S)N[C@@H](c3ccccn3)[C@H]2c2cccn2-c2ccccc2F)cc1. The molecule has 0 aliphatic carbocycles. The van der Waals surface area contributed by atoms with Crippen molar-refractivity contribution in [2.45, 2.75) is 12.1 Å². The fourth-order valence-electron chi connectivity index (χ4n) is 4.18. The van der Waals surface area contributed by atoms with Crippen LogP contribution in [-0.2, 0) is 0 Å². The number of halogens is 1. The molecular formula is C25H21FN4OS. The molecule has 1 fully saturated rings. The number of aromatic nitrogens is 2. The predicted octanol–water partition coefficient (Wildman–Crippen LogP) is 5.20. The van der Waals surface area contributed by atoms with Crippen LogP contribution in [0.15, 0.2) is 91.3 Å². The highest BCUT2D eigenvalue weighted by molar-refractivity contribution is 7.80. The quantitative estimate of drug-likeness (QED) is 0.429. The van der Waals surface area contributed by atoms with Crippen LogP contribution in [0.25, 0.3) is 5.69 Å². The summed E-state index contributed by atoms with van der Waals surface area (Å²) in [4.78, 5) is 6.63. The molecule has 5 rings (SSSR count). The molecule has 1 aliphatic rings. The molecule has 0 saturated carbocycles. The maximum Gasteiger partial charge on any atom is 0.174 e. The smallest absolute Gasteiger partial charge is 0.174 e. The molecule has 0 bridgehead atoms. The van der Waals surface area contributed by atoms with Crippen molar-refractivity contribution < 1.29 is 9.13 Å². The highest BCUT2D eigenvalue weighted by Gasteiger charge is 2.42. The second-order valence-electron chi connectivity index (χ2n) is 7.45. The highest BCUT2D eigenvalue weighted by atomic mass is 32.1. The fraction of sp³-hybridized carbons (Fsp3) is 0.120. The Bertz CT molecular complexity index is 1240. The van der Waals surface area contributed by atoms with Gasteiger partial charge in [-0.2, -0.15) is 0 Å². The second-order valence-corrected chi connectivity index (χ2v) is 7.84. The number of hydrogen-bond donors (Lipinski definition) is 1. The Morgan fingerprint density at radius 3 is 2.47 bits per heavy atom. The monoisotopic (exact) mass is 444 g/mol. The van der Waals surface area contributed by atoms with Crippen molar-refractivity contribution in [1.29, 1.82) is 0 Å². The predicted molar refractivity (Wildman–Crippen MR) is 127 cm³/mol. The van der Waals surface area contributed by atoms with Crippen molar-refractivity contribution in [1.82, 2.24) is 14.9 Å². The van der Waals surface area contributed by atoms with Gasteiger partial charge in [-0.15, -0.1) is 0 Å². The summed E-state index contributed by atoms with van der Waals surface area (Å²) in [7, 11) is 1.64. The zero-order valence-corrected chi connectivity index (χ0v) is 18.2. The summed E-state index contributed by atoms with van der Waals surface area (Å²) in [5.41, 5.74) is 3.15. The number of benzene rings is 2. The topological polar surface area (TPSA) is 42.3 Å². The third kappa shape index (κ3) is 3.50. The first-order chi connectivity index (χ1) is 15.7. The Balaban J connectivity index is 1.66. The Morgan fingerprint density at radius 2 is 1.75 bits per heavy atom. The molecule has 32 heavy (non-hydrogen) atoms. The zero-order chi connectivity index (χ0) is 22.1. The molecule has 4 aromatic rings. The van der Waals surface area contributed by atoms with E-state index in [1.165, 1.54) is 6.07 Å². The number of thiocarbonyl (C=S) groups is 1. The molecular weight excluding hydrogens is 423 g/mol. The molecule has 0 amide bonds. The van der Waals surface area contributed by atoms with E-state index in [4.69, 9.17) is 17.0 Å². The van der Waals surface area contributed by atoms with Crippen LogP contribution in [-0.4, -0.2) is 21.8 Å². The van der Waals surface area contributed by atoms with E-state index in [0.29, 0.717) is 10.8 Å². The first kappa shape index (κ1) is 20.2. The number of nitrogens with one attached hydrogen (secondary N) is 1. The van der Waals surface area contributed by atoms with Gasteiger partial charge in [0.1, 0.15) is 17.6 Å². The van der Waals surface area contributed by atoms with E-state index in [0.717, 1.165) is 22.8 Å². The van der Waals surface area contributed by atoms with Gasteiger partial charge >= 0.3 is 0 Å². The first-order valence-corrected chi connectivity index (χ1v) is 10.6. The van der Waals surface area contributed by atoms with Crippen molar-refractivity contribution in [2.24, 2.45) is 0 Å². The largest absolute Gasteiger partial charge is 0.497 e. The van der Waals surface area contributed by atoms with Gasteiger partial charge in [-0.1, -0.05) is 18.2 Å². The molecule has 2 aromatic carbocycles. The van der Waals surface area contributed by atoms with E-state index < -0.39 is 0 Å². The van der Waals surface area contributed by atoms with E-state index in [-0.39, 0.29) is 17.9 Å². The summed E-state index contributed by atoms with van der Waals surface area (Å²) in [6, 6.07) is 23.8. The van der Waals surface area contributed by atoms with Crippen LogP contribution in [0.1, 0.15) is 23.5 Å². The van der Waals surface area contributed by atoms with Gasteiger partial charge in [-0.25, -0.2) is 4.39 Å². The van der Waals surface area contributed by atoms with Crippen LogP contribution < -0.4 is 15.0 Å². The molecule has 160 valence electrons. The van der Waals surface area contributed by atoms with Gasteiger partial charge in [0.15, 0.2) is 5.11 Å². The lowest BCUT2D eigenvalue weighted by Gasteiger charge is -2.29. The van der Waals surface area contributed by atoms with Crippen molar-refractivity contribution >= 4 is 23.0 Å². The standard InChI is InChI=1S/C25H21FN4OS/c1-31-18-13-11-17(12-14-18)30-24(23(28-25(30)32)20-8-4-5-15-27-20)22-10-6-16-29(22)21-9-3-2-7-19(21)26/h2-16,23-24H,1H3,(H,28,32)/t23-,24+/m0/s1. The van der Waals surface area contributed by atoms with Gasteiger partial charge in [0, 0.05) is 23.8 Å². The lowest BCUT2D eigenvalue weighted by atomic mass is 10.0. The van der Waals surface area contributed by atoms with Gasteiger partial charge in [0.2, 0.25) is 0 Å². The minimum atomic E-state index is -0.288. The number of nitrogens with zero attached hydrogens (tertiary/aromatic N) is 3. The van der Waals surface area contributed by atoms with Gasteiger partial charge in [-0.3, -0.25) is 4.98 Å². The van der Waals surface area contributed by atoms with E-state index in [1.807, 2.05) is 71.4 Å². The molecule has 3 heterocycles. The lowest BCUT2D eigenvalue weighted by Crippen LogP contribution is -2.30. The lowest BCUT2D eigenvalue weighted by molar-refractivity contribution is 0.415. The summed E-state index contributed by atoms with van der Waals surface area (Å²) in [6.45, 7) is 0. The summed E-state index contributed by atoms with van der Waals surface area (Å²) < 4.78 is 21.9. The van der Waals surface area contributed by atoms with E-state index in [2.05, 4.69) is 15.2 Å². The molecule has 1 N–H and O–H groups in total. The molecule has 7 heteroatoms. The third-order valence-corrected chi connectivity index (χ3v) is 5.96. The molecule has 0 unspecified atom stereocenters. The molecule has 0 spiro atoms. The molecule has 5 nitrogen and oxygen atoms in total. The Kier molecular flexibility index (Phi) is 5.33. The average molecular weight is 445 g/mol. The molecule has 1 saturated heterocycles. The van der Waals surface area contributed by atoms with Gasteiger partial charge < -0.3 is 19.5 Å². The number of pyridine rings is 1. The Morgan fingerprint density at radius 1 is 0.969 bits per heavy atom. The summed E-state index contributed by atoms with van der Waals surface area (Å²) in [5, 5.41) is 4.02. The minimum absolute atomic E-state index is 0.216. The average Bonchev–Trinajstić information content (AvgIpc) is 3.44. The molecule has 2 aromatic heterocycles. The van der Waals surface area contributed by atoms with E-state index >= 15 is 0 Å². The van der Waals surface area contributed by atoms with Crippen LogP contribution >= 0.6 is 12.2 Å². The Hall–Kier alpha value is -3.71. The number of hydrogen-bond acceptors (Lipinski definition) is 3.